The number of carbonyl (C=O) groups is 1. The van der Waals surface area contributed by atoms with Crippen molar-refractivity contribution in [2.45, 2.75) is 51.7 Å². The van der Waals surface area contributed by atoms with Crippen LogP contribution in [0.25, 0.3) is 0 Å². The molecule has 2 aliphatic heterocycles. The number of likely N-dealkylation sites (tertiary alicyclic amines) is 1. The lowest BCUT2D eigenvalue weighted by Gasteiger charge is -2.44. The molecule has 4 rings (SSSR count). The van der Waals surface area contributed by atoms with Crippen molar-refractivity contribution in [1.82, 2.24) is 14.9 Å². The van der Waals surface area contributed by atoms with Gasteiger partial charge in [0.25, 0.3) is 0 Å². The van der Waals surface area contributed by atoms with Gasteiger partial charge in [0, 0.05) is 31.3 Å². The van der Waals surface area contributed by atoms with Crippen molar-refractivity contribution in [1.29, 1.82) is 0 Å². The monoisotopic (exact) mass is 491 g/mol. The number of aromatic nitrogens is 2. The number of hydrogen-bond acceptors (Lipinski definition) is 8. The summed E-state index contributed by atoms with van der Waals surface area (Å²) in [7, 11) is 0. The number of carboxylic acid groups (broad SMARTS) is 1. The van der Waals surface area contributed by atoms with Gasteiger partial charge in [-0.2, -0.15) is 4.21 Å². The van der Waals surface area contributed by atoms with Gasteiger partial charge in [0.15, 0.2) is 0 Å². The molecule has 2 aromatic rings. The lowest BCUT2D eigenvalue weighted by Crippen LogP contribution is -2.53. The molecule has 184 valence electrons. The van der Waals surface area contributed by atoms with Crippen LogP contribution in [-0.4, -0.2) is 62.2 Å². The molecule has 0 saturated carbocycles. The van der Waals surface area contributed by atoms with E-state index in [0.717, 1.165) is 5.56 Å². The van der Waals surface area contributed by atoms with Crippen molar-refractivity contribution in [3.63, 3.8) is 0 Å². The number of nitrogens with zero attached hydrogens (tertiary/aromatic N) is 3. The lowest BCUT2D eigenvalue weighted by molar-refractivity contribution is 0.0116. The summed E-state index contributed by atoms with van der Waals surface area (Å²) in [6.45, 7) is 7.19. The van der Waals surface area contributed by atoms with Crippen molar-refractivity contribution in [3.8, 4) is 17.5 Å². The van der Waals surface area contributed by atoms with Gasteiger partial charge < -0.3 is 19.5 Å². The minimum atomic E-state index is -1.66. The topological polar surface area (TPSA) is 120 Å². The summed E-state index contributed by atoms with van der Waals surface area (Å²) < 4.78 is 33.2. The molecule has 1 amide bonds. The Morgan fingerprint density at radius 2 is 1.82 bits per heavy atom. The summed E-state index contributed by atoms with van der Waals surface area (Å²) in [5, 5.41) is 9.55. The smallest absolute Gasteiger partial charge is 0.407 e. The highest BCUT2D eigenvalue weighted by atomic mass is 32.2. The van der Waals surface area contributed by atoms with Crippen LogP contribution in [0.1, 0.15) is 45.1 Å². The average Bonchev–Trinajstić information content (AvgIpc) is 2.80. The minimum absolute atomic E-state index is 0.00951. The first kappa shape index (κ1) is 24.4. The van der Waals surface area contributed by atoms with Gasteiger partial charge in [-0.3, -0.25) is 8.37 Å². The van der Waals surface area contributed by atoms with Crippen LogP contribution in [0.3, 0.4) is 0 Å². The lowest BCUT2D eigenvalue weighted by atomic mass is 9.80. The highest BCUT2D eigenvalue weighted by Crippen LogP contribution is 2.34. The largest absolute Gasteiger partial charge is 0.474 e. The standard InChI is InChI=1S/C23H29N3O7S/c1-23(2,3)19-10-18(8-9-26(19)22(27)28)33-21-11-20(24-14-25-21)32-17-6-4-15(5-7-17)16-12-30-34(29)31-13-16/h4-7,11,14,16,18-19H,8-10,12-13H2,1-3H3,(H,27,28)/t16?,18-,19-,34?/m1/s1. The van der Waals surface area contributed by atoms with Crippen LogP contribution in [-0.2, 0) is 19.7 Å². The molecule has 2 fully saturated rings. The van der Waals surface area contributed by atoms with E-state index in [2.05, 4.69) is 9.97 Å². The second-order valence-electron chi connectivity index (χ2n) is 9.46. The maximum atomic E-state index is 11.6. The van der Waals surface area contributed by atoms with Crippen molar-refractivity contribution in [3.05, 3.63) is 42.2 Å². The first-order valence-electron chi connectivity index (χ1n) is 11.1. The Bertz CT molecular complexity index is 1020. The quantitative estimate of drug-likeness (QED) is 0.663. The zero-order valence-corrected chi connectivity index (χ0v) is 20.2. The molecule has 0 unspecified atom stereocenters. The molecule has 3 heterocycles. The third-order valence-electron chi connectivity index (χ3n) is 6.01. The van der Waals surface area contributed by atoms with Crippen molar-refractivity contribution in [2.24, 2.45) is 5.41 Å². The van der Waals surface area contributed by atoms with Gasteiger partial charge in [-0.1, -0.05) is 32.9 Å². The normalized spacial score (nSPS) is 25.6. The number of rotatable bonds is 5. The molecule has 10 nitrogen and oxygen atoms in total. The summed E-state index contributed by atoms with van der Waals surface area (Å²) in [5.41, 5.74) is 0.788. The third-order valence-corrected chi connectivity index (χ3v) is 6.67. The predicted molar refractivity (Wildman–Crippen MR) is 123 cm³/mol. The molecule has 2 atom stereocenters. The zero-order chi connectivity index (χ0) is 24.3. The molecule has 0 aliphatic carbocycles. The Hall–Kier alpha value is -2.76. The van der Waals surface area contributed by atoms with Gasteiger partial charge in [0.05, 0.1) is 19.3 Å². The Labute approximate surface area is 201 Å². The Balaban J connectivity index is 1.38. The first-order chi connectivity index (χ1) is 16.2. The first-order valence-corrected chi connectivity index (χ1v) is 12.1. The average molecular weight is 492 g/mol. The van der Waals surface area contributed by atoms with Gasteiger partial charge in [-0.25, -0.2) is 14.8 Å². The van der Waals surface area contributed by atoms with E-state index in [9.17, 15) is 14.1 Å². The molecule has 0 bridgehead atoms. The predicted octanol–water partition coefficient (Wildman–Crippen LogP) is 3.91. The van der Waals surface area contributed by atoms with Crippen LogP contribution < -0.4 is 9.47 Å². The molecule has 1 aromatic heterocycles. The Morgan fingerprint density at radius 1 is 1.15 bits per heavy atom. The van der Waals surface area contributed by atoms with E-state index in [0.29, 0.717) is 50.1 Å². The van der Waals surface area contributed by atoms with E-state index < -0.39 is 17.5 Å². The molecular weight excluding hydrogens is 462 g/mol. The zero-order valence-electron chi connectivity index (χ0n) is 19.4. The van der Waals surface area contributed by atoms with E-state index in [1.165, 1.54) is 11.2 Å². The van der Waals surface area contributed by atoms with Gasteiger partial charge in [-0.15, -0.1) is 0 Å². The number of hydrogen-bond donors (Lipinski definition) is 1. The van der Waals surface area contributed by atoms with Crippen molar-refractivity contribution in [2.75, 3.05) is 19.8 Å². The molecule has 2 saturated heterocycles. The summed E-state index contributed by atoms with van der Waals surface area (Å²) in [4.78, 5) is 21.5. The van der Waals surface area contributed by atoms with Crippen molar-refractivity contribution < 1.29 is 31.9 Å². The molecule has 0 radical (unpaired) electrons. The van der Waals surface area contributed by atoms with Crippen LogP contribution in [0.2, 0.25) is 0 Å². The molecule has 11 heteroatoms. The number of ether oxygens (including phenoxy) is 2. The number of piperidine rings is 1. The molecule has 2 aliphatic rings. The van der Waals surface area contributed by atoms with Crippen LogP contribution in [0.5, 0.6) is 17.5 Å². The van der Waals surface area contributed by atoms with Gasteiger partial charge in [0.1, 0.15) is 18.2 Å². The maximum Gasteiger partial charge on any atom is 0.407 e. The van der Waals surface area contributed by atoms with Crippen LogP contribution in [0.15, 0.2) is 36.7 Å². The van der Waals surface area contributed by atoms with Crippen LogP contribution in [0.4, 0.5) is 4.79 Å². The van der Waals surface area contributed by atoms with Gasteiger partial charge in [0.2, 0.25) is 11.8 Å². The van der Waals surface area contributed by atoms with E-state index in [-0.39, 0.29) is 23.5 Å². The van der Waals surface area contributed by atoms with E-state index in [1.54, 1.807) is 6.07 Å². The summed E-state index contributed by atoms with van der Waals surface area (Å²) in [6.07, 6.45) is 1.49. The fourth-order valence-corrected chi connectivity index (χ4v) is 4.80. The summed E-state index contributed by atoms with van der Waals surface area (Å²) in [6, 6.07) is 8.92. The molecular formula is C23H29N3O7S. The van der Waals surface area contributed by atoms with E-state index >= 15 is 0 Å². The van der Waals surface area contributed by atoms with E-state index in [1.807, 2.05) is 45.0 Å². The van der Waals surface area contributed by atoms with Gasteiger partial charge >= 0.3 is 17.5 Å². The second kappa shape index (κ2) is 10.2. The molecule has 0 spiro atoms. The van der Waals surface area contributed by atoms with Crippen LogP contribution >= 0.6 is 0 Å². The van der Waals surface area contributed by atoms with E-state index in [4.69, 9.17) is 17.8 Å². The Morgan fingerprint density at radius 3 is 2.47 bits per heavy atom. The molecule has 1 N–H and O–H groups in total. The SMILES string of the molecule is CC(C)(C)[C@H]1C[C@H](Oc2cc(Oc3ccc(C4COS(=O)OC4)cc3)ncn2)CCN1C(=O)O. The van der Waals surface area contributed by atoms with Crippen LogP contribution in [0, 0.1) is 5.41 Å². The maximum absolute atomic E-state index is 11.6. The fraction of sp³-hybridized carbons (Fsp3) is 0.522. The number of amides is 1. The summed E-state index contributed by atoms with van der Waals surface area (Å²) >= 11 is -1.66. The second-order valence-corrected chi connectivity index (χ2v) is 10.3. The van der Waals surface area contributed by atoms with Crippen molar-refractivity contribution >= 4 is 17.5 Å². The number of benzene rings is 1. The minimum Gasteiger partial charge on any atom is -0.474 e. The highest BCUT2D eigenvalue weighted by molar-refractivity contribution is 7.75. The fourth-order valence-electron chi connectivity index (χ4n) is 4.18. The third kappa shape index (κ3) is 6.02. The summed E-state index contributed by atoms with van der Waals surface area (Å²) in [5.74, 6) is 1.33. The molecule has 1 aromatic carbocycles. The highest BCUT2D eigenvalue weighted by Gasteiger charge is 2.39. The Kier molecular flexibility index (Phi) is 7.34. The van der Waals surface area contributed by atoms with Gasteiger partial charge in [-0.05, 0) is 23.1 Å². The molecule has 34 heavy (non-hydrogen) atoms.